The highest BCUT2D eigenvalue weighted by atomic mass is 32.1. The van der Waals surface area contributed by atoms with Crippen molar-refractivity contribution in [1.82, 2.24) is 15.5 Å². The van der Waals surface area contributed by atoms with Gasteiger partial charge in [0, 0.05) is 38.8 Å². The lowest BCUT2D eigenvalue weighted by molar-refractivity contribution is -0.00845. The normalized spacial score (nSPS) is 29.0. The van der Waals surface area contributed by atoms with Gasteiger partial charge in [0.05, 0.1) is 19.8 Å². The minimum absolute atomic E-state index is 0.655. The molecule has 0 aromatic carbocycles. The average Bonchev–Trinajstić information content (AvgIpc) is 2.41. The lowest BCUT2D eigenvalue weighted by Gasteiger charge is -2.38. The second kappa shape index (κ2) is 8.81. The Morgan fingerprint density at radius 1 is 1.14 bits per heavy atom. The van der Waals surface area contributed by atoms with Gasteiger partial charge in [-0.25, -0.2) is 0 Å². The molecule has 0 unspecified atom stereocenters. The molecule has 2 N–H and O–H groups in total. The molecule has 3 rings (SSSR count). The highest BCUT2D eigenvalue weighted by Gasteiger charge is 2.43. The summed E-state index contributed by atoms with van der Waals surface area (Å²) in [6.07, 6.45) is 2.70. The van der Waals surface area contributed by atoms with Crippen molar-refractivity contribution in [1.29, 1.82) is 0 Å². The van der Waals surface area contributed by atoms with Crippen LogP contribution in [-0.2, 0) is 13.3 Å². The number of thiocarbonyl (C=S) groups is 1. The van der Waals surface area contributed by atoms with Crippen LogP contribution >= 0.6 is 12.2 Å². The van der Waals surface area contributed by atoms with Gasteiger partial charge in [0.2, 0.25) is 0 Å². The van der Waals surface area contributed by atoms with E-state index in [1.54, 1.807) is 6.08 Å². The molecule has 3 saturated heterocycles. The Balaban J connectivity index is 1.72. The molecule has 0 aromatic rings. The summed E-state index contributed by atoms with van der Waals surface area (Å²) in [6.45, 7) is 10.2. The topological polar surface area (TPSA) is 55.0 Å². The number of hydrogen-bond donors (Lipinski definition) is 2. The zero-order chi connectivity index (χ0) is 15.0. The first kappa shape index (κ1) is 16.9. The molecule has 21 heavy (non-hydrogen) atoms. The van der Waals surface area contributed by atoms with Gasteiger partial charge in [-0.1, -0.05) is 6.08 Å². The van der Waals surface area contributed by atoms with Crippen LogP contribution in [0.4, 0.5) is 0 Å². The highest BCUT2D eigenvalue weighted by molar-refractivity contribution is 7.80. The molecule has 3 heterocycles. The van der Waals surface area contributed by atoms with Crippen molar-refractivity contribution in [3.8, 4) is 0 Å². The van der Waals surface area contributed by atoms with Crippen molar-refractivity contribution in [3.63, 3.8) is 0 Å². The largest absolute Gasteiger partial charge is 0.501 e. The van der Waals surface area contributed by atoms with Gasteiger partial charge >= 0.3 is 8.80 Å². The molecule has 0 amide bonds. The van der Waals surface area contributed by atoms with Gasteiger partial charge in [-0.2, -0.15) is 0 Å². The fourth-order valence-electron chi connectivity index (χ4n) is 2.40. The van der Waals surface area contributed by atoms with E-state index < -0.39 is 8.80 Å². The first-order valence-electron chi connectivity index (χ1n) is 7.51. The van der Waals surface area contributed by atoms with Crippen LogP contribution in [0.3, 0.4) is 0 Å². The quantitative estimate of drug-likeness (QED) is 0.315. The van der Waals surface area contributed by atoms with Crippen molar-refractivity contribution in [2.75, 3.05) is 52.5 Å². The molecule has 2 bridgehead atoms. The first-order valence-corrected chi connectivity index (χ1v) is 9.85. The van der Waals surface area contributed by atoms with Crippen LogP contribution in [0, 0.1) is 0 Å². The van der Waals surface area contributed by atoms with E-state index in [-0.39, 0.29) is 0 Å². The van der Waals surface area contributed by atoms with Crippen LogP contribution in [0.1, 0.15) is 6.42 Å². The number of nitrogens with one attached hydrogen (secondary N) is 2. The molecular formula is C13H25N3O3SSi. The molecule has 0 saturated carbocycles. The second-order valence-electron chi connectivity index (χ2n) is 5.10. The van der Waals surface area contributed by atoms with Gasteiger partial charge in [0.25, 0.3) is 0 Å². The second-order valence-corrected chi connectivity index (χ2v) is 8.24. The molecule has 0 radical (unpaired) electrons. The van der Waals surface area contributed by atoms with Crippen molar-refractivity contribution >= 4 is 26.1 Å². The summed E-state index contributed by atoms with van der Waals surface area (Å²) in [5.41, 5.74) is 0. The third-order valence-corrected chi connectivity index (χ3v) is 6.73. The fraction of sp³-hybridized carbons (Fsp3) is 0.769. The summed E-state index contributed by atoms with van der Waals surface area (Å²) < 4.78 is 17.9. The van der Waals surface area contributed by atoms with Crippen molar-refractivity contribution in [2.24, 2.45) is 0 Å². The summed E-state index contributed by atoms with van der Waals surface area (Å²) in [5, 5.41) is 6.87. The van der Waals surface area contributed by atoms with Gasteiger partial charge in [0.15, 0.2) is 5.11 Å². The minimum Gasteiger partial charge on any atom is -0.372 e. The van der Waals surface area contributed by atoms with Crippen molar-refractivity contribution in [3.05, 3.63) is 12.7 Å². The molecule has 8 heteroatoms. The summed E-state index contributed by atoms with van der Waals surface area (Å²) in [7, 11) is -2.47. The Bertz CT molecular complexity index is 333. The van der Waals surface area contributed by atoms with Crippen LogP contribution in [0.25, 0.3) is 0 Å². The molecule has 6 nitrogen and oxygen atoms in total. The lowest BCUT2D eigenvalue weighted by Crippen LogP contribution is -2.55. The molecule has 0 aliphatic carbocycles. The molecule has 0 aromatic heterocycles. The summed E-state index contributed by atoms with van der Waals surface area (Å²) in [5.74, 6) is 0. The van der Waals surface area contributed by atoms with Crippen molar-refractivity contribution in [2.45, 2.75) is 12.5 Å². The smallest absolute Gasteiger partial charge is 0.372 e. The van der Waals surface area contributed by atoms with E-state index in [1.165, 1.54) is 0 Å². The van der Waals surface area contributed by atoms with Crippen LogP contribution in [0.2, 0.25) is 6.04 Å². The van der Waals surface area contributed by atoms with Gasteiger partial charge in [-0.15, -0.1) is 6.58 Å². The van der Waals surface area contributed by atoms with E-state index in [1.807, 2.05) is 0 Å². The Labute approximate surface area is 133 Å². The van der Waals surface area contributed by atoms with Crippen LogP contribution in [0.5, 0.6) is 0 Å². The predicted octanol–water partition coefficient (Wildman–Crippen LogP) is 0.345. The van der Waals surface area contributed by atoms with E-state index in [4.69, 9.17) is 25.5 Å². The van der Waals surface area contributed by atoms with Gasteiger partial charge in [-0.05, 0) is 18.6 Å². The number of fused-ring (bicyclic) bond motifs is 6. The zero-order valence-electron chi connectivity index (χ0n) is 12.4. The third kappa shape index (κ3) is 5.65. The fourth-order valence-corrected chi connectivity index (χ4v) is 5.09. The molecule has 3 fully saturated rings. The number of rotatable bonds is 6. The maximum absolute atomic E-state index is 5.98. The van der Waals surface area contributed by atoms with Crippen LogP contribution in [-0.4, -0.2) is 71.4 Å². The van der Waals surface area contributed by atoms with E-state index in [0.29, 0.717) is 31.5 Å². The van der Waals surface area contributed by atoms with Crippen molar-refractivity contribution < 1.29 is 13.3 Å². The molecule has 0 atom stereocenters. The van der Waals surface area contributed by atoms with E-state index in [9.17, 15) is 0 Å². The Kier molecular flexibility index (Phi) is 7.07. The van der Waals surface area contributed by atoms with Gasteiger partial charge in [0.1, 0.15) is 0 Å². The lowest BCUT2D eigenvalue weighted by atomic mass is 10.4. The monoisotopic (exact) mass is 331 g/mol. The zero-order valence-corrected chi connectivity index (χ0v) is 14.3. The predicted molar refractivity (Wildman–Crippen MR) is 88.3 cm³/mol. The van der Waals surface area contributed by atoms with Crippen LogP contribution < -0.4 is 10.6 Å². The molecular weight excluding hydrogens is 306 g/mol. The molecule has 0 spiro atoms. The van der Waals surface area contributed by atoms with Gasteiger partial charge < -0.3 is 23.9 Å². The number of nitrogens with zero attached hydrogens (tertiary/aromatic N) is 1. The van der Waals surface area contributed by atoms with E-state index in [0.717, 1.165) is 38.6 Å². The molecule has 120 valence electrons. The maximum Gasteiger partial charge on any atom is 0.501 e. The Morgan fingerprint density at radius 3 is 2.33 bits per heavy atom. The SMILES string of the molecule is C=CCNC(=S)NCCC[Si]12OCCN(CCO1)CCO2. The Hall–Kier alpha value is -0.513. The standard InChI is InChI=1S/C13H25N3O3SSi/c1-2-4-14-13(20)15-5-3-12-21-17-9-6-16(7-10-18-21)8-11-19-21/h2H,1,3-12H2,(H2,14,15,20). The first-order chi connectivity index (χ1) is 10.2. The summed E-state index contributed by atoms with van der Waals surface area (Å²) in [6, 6.07) is 0.837. The minimum atomic E-state index is -2.47. The van der Waals surface area contributed by atoms with Crippen LogP contribution in [0.15, 0.2) is 12.7 Å². The number of hydrogen-bond acceptors (Lipinski definition) is 5. The average molecular weight is 332 g/mol. The third-order valence-electron chi connectivity index (χ3n) is 3.54. The van der Waals surface area contributed by atoms with Gasteiger partial charge in [-0.3, -0.25) is 4.90 Å². The van der Waals surface area contributed by atoms with E-state index >= 15 is 0 Å². The summed E-state index contributed by atoms with van der Waals surface area (Å²) in [4.78, 5) is 2.32. The molecule has 3 aliphatic rings. The highest BCUT2D eigenvalue weighted by Crippen LogP contribution is 2.21. The maximum atomic E-state index is 5.98. The Morgan fingerprint density at radius 2 is 1.76 bits per heavy atom. The molecule has 3 aliphatic heterocycles. The summed E-state index contributed by atoms with van der Waals surface area (Å²) >= 11 is 5.16. The van der Waals surface area contributed by atoms with E-state index in [2.05, 4.69) is 22.1 Å².